The molecule has 0 aliphatic heterocycles. The van der Waals surface area contributed by atoms with E-state index in [-0.39, 0.29) is 18.1 Å². The van der Waals surface area contributed by atoms with Crippen LogP contribution in [0, 0.1) is 6.92 Å². The summed E-state index contributed by atoms with van der Waals surface area (Å²) in [5.41, 5.74) is 1.51. The first kappa shape index (κ1) is 19.2. The third kappa shape index (κ3) is 4.04. The fourth-order valence-electron chi connectivity index (χ4n) is 2.55. The van der Waals surface area contributed by atoms with Gasteiger partial charge in [-0.3, -0.25) is 9.59 Å². The summed E-state index contributed by atoms with van der Waals surface area (Å²) in [6.45, 7) is 1.90. The number of hydrogen-bond acceptors (Lipinski definition) is 7. The Labute approximate surface area is 160 Å². The number of carbonyl (C=O) groups excluding carboxylic acids is 2. The molecule has 2 heterocycles. The van der Waals surface area contributed by atoms with E-state index >= 15 is 0 Å². The Balaban J connectivity index is 1.81. The molecule has 0 aliphatic carbocycles. The van der Waals surface area contributed by atoms with Gasteiger partial charge < -0.3 is 29.0 Å². The minimum Gasteiger partial charge on any atom is -0.495 e. The molecule has 0 saturated heterocycles. The highest BCUT2D eigenvalue weighted by Gasteiger charge is 2.20. The van der Waals surface area contributed by atoms with Gasteiger partial charge in [0.1, 0.15) is 11.5 Å². The van der Waals surface area contributed by atoms with E-state index in [0.29, 0.717) is 28.4 Å². The quantitative estimate of drug-likeness (QED) is 0.641. The topological polar surface area (TPSA) is 116 Å². The number of furan rings is 1. The number of hydrogen-bond donors (Lipinski definition) is 2. The van der Waals surface area contributed by atoms with Crippen LogP contribution >= 0.6 is 0 Å². The van der Waals surface area contributed by atoms with Crippen LogP contribution < -0.4 is 15.4 Å². The standard InChI is InChI=1S/C19H19N3O6/c1-11-13(10-25-2)17(22-28-11)19(24)20-12-6-7-15(26-3)14(9-12)21-18(23)16-5-4-8-27-16/h4-9H,10H2,1-3H3,(H,20,24)(H,21,23). The summed E-state index contributed by atoms with van der Waals surface area (Å²) in [6, 6.07) is 7.98. The van der Waals surface area contributed by atoms with Crippen LogP contribution in [0.5, 0.6) is 5.75 Å². The molecule has 0 atom stereocenters. The van der Waals surface area contributed by atoms with Crippen LogP contribution in [-0.2, 0) is 11.3 Å². The molecule has 0 saturated carbocycles. The van der Waals surface area contributed by atoms with E-state index in [1.807, 2.05) is 0 Å². The van der Waals surface area contributed by atoms with Gasteiger partial charge in [0.25, 0.3) is 11.8 Å². The van der Waals surface area contributed by atoms with Crippen LogP contribution in [0.1, 0.15) is 32.4 Å². The second kappa shape index (κ2) is 8.40. The van der Waals surface area contributed by atoms with Crippen molar-refractivity contribution >= 4 is 23.2 Å². The van der Waals surface area contributed by atoms with E-state index in [4.69, 9.17) is 18.4 Å². The molecule has 9 nitrogen and oxygen atoms in total. The molecule has 28 heavy (non-hydrogen) atoms. The van der Waals surface area contributed by atoms with Gasteiger partial charge in [-0.1, -0.05) is 5.16 Å². The average molecular weight is 385 g/mol. The second-order valence-electron chi connectivity index (χ2n) is 5.80. The fourth-order valence-corrected chi connectivity index (χ4v) is 2.55. The number of benzene rings is 1. The minimum absolute atomic E-state index is 0.135. The molecule has 0 spiro atoms. The Kier molecular flexibility index (Phi) is 5.75. The molecule has 2 amide bonds. The van der Waals surface area contributed by atoms with Crippen LogP contribution in [0.25, 0.3) is 0 Å². The van der Waals surface area contributed by atoms with Gasteiger partial charge in [-0.05, 0) is 37.3 Å². The molecule has 0 fully saturated rings. The number of amides is 2. The van der Waals surface area contributed by atoms with E-state index in [1.54, 1.807) is 31.2 Å². The summed E-state index contributed by atoms with van der Waals surface area (Å²) in [5, 5.41) is 9.21. The maximum absolute atomic E-state index is 12.6. The second-order valence-corrected chi connectivity index (χ2v) is 5.80. The Morgan fingerprint density at radius 2 is 1.96 bits per heavy atom. The molecule has 2 aromatic heterocycles. The molecule has 3 rings (SSSR count). The maximum Gasteiger partial charge on any atom is 0.291 e. The third-order valence-electron chi connectivity index (χ3n) is 3.94. The summed E-state index contributed by atoms with van der Waals surface area (Å²) in [7, 11) is 3.00. The van der Waals surface area contributed by atoms with E-state index in [1.165, 1.54) is 26.5 Å². The zero-order chi connectivity index (χ0) is 20.1. The number of aryl methyl sites for hydroxylation is 1. The van der Waals surface area contributed by atoms with Crippen molar-refractivity contribution in [1.29, 1.82) is 0 Å². The molecule has 0 bridgehead atoms. The van der Waals surface area contributed by atoms with Crippen molar-refractivity contribution in [3.8, 4) is 5.75 Å². The molecule has 9 heteroatoms. The predicted octanol–water partition coefficient (Wildman–Crippen LogP) is 3.24. The Bertz CT molecular complexity index is 978. The van der Waals surface area contributed by atoms with Gasteiger partial charge in [0.05, 0.1) is 31.2 Å². The number of nitrogens with zero attached hydrogens (tertiary/aromatic N) is 1. The maximum atomic E-state index is 12.6. The Morgan fingerprint density at radius 1 is 1.14 bits per heavy atom. The lowest BCUT2D eigenvalue weighted by Gasteiger charge is -2.12. The molecule has 0 aliphatic rings. The minimum atomic E-state index is -0.461. The number of nitrogens with one attached hydrogen (secondary N) is 2. The van der Waals surface area contributed by atoms with Crippen molar-refractivity contribution in [3.05, 3.63) is 59.4 Å². The third-order valence-corrected chi connectivity index (χ3v) is 3.94. The lowest BCUT2D eigenvalue weighted by Crippen LogP contribution is -2.16. The molecular formula is C19H19N3O6. The number of rotatable bonds is 7. The summed E-state index contributed by atoms with van der Waals surface area (Å²) in [6.07, 6.45) is 1.40. The van der Waals surface area contributed by atoms with Gasteiger partial charge in [0, 0.05) is 12.8 Å². The van der Waals surface area contributed by atoms with Crippen LogP contribution in [0.3, 0.4) is 0 Å². The largest absolute Gasteiger partial charge is 0.495 e. The average Bonchev–Trinajstić information content (AvgIpc) is 3.33. The highest BCUT2D eigenvalue weighted by molar-refractivity contribution is 6.06. The van der Waals surface area contributed by atoms with E-state index in [2.05, 4.69) is 15.8 Å². The molecule has 0 unspecified atom stereocenters. The zero-order valence-corrected chi connectivity index (χ0v) is 15.6. The van der Waals surface area contributed by atoms with E-state index in [0.717, 1.165) is 0 Å². The summed E-state index contributed by atoms with van der Waals surface area (Å²) >= 11 is 0. The normalized spacial score (nSPS) is 10.5. The number of anilines is 2. The summed E-state index contributed by atoms with van der Waals surface area (Å²) < 4.78 is 20.5. The van der Waals surface area contributed by atoms with Crippen LogP contribution in [-0.4, -0.2) is 31.2 Å². The monoisotopic (exact) mass is 385 g/mol. The van der Waals surface area contributed by atoms with Crippen molar-refractivity contribution in [3.63, 3.8) is 0 Å². The fraction of sp³-hybridized carbons (Fsp3) is 0.211. The van der Waals surface area contributed by atoms with Gasteiger partial charge in [-0.15, -0.1) is 0 Å². The molecule has 146 valence electrons. The van der Waals surface area contributed by atoms with Gasteiger partial charge in [-0.2, -0.15) is 0 Å². The Morgan fingerprint density at radius 3 is 2.64 bits per heavy atom. The smallest absolute Gasteiger partial charge is 0.291 e. The lowest BCUT2D eigenvalue weighted by molar-refractivity contribution is 0.0993. The van der Waals surface area contributed by atoms with Crippen LogP contribution in [0.4, 0.5) is 11.4 Å². The van der Waals surface area contributed by atoms with Crippen molar-refractivity contribution in [2.75, 3.05) is 24.9 Å². The molecule has 1 aromatic carbocycles. The predicted molar refractivity (Wildman–Crippen MR) is 99.6 cm³/mol. The zero-order valence-electron chi connectivity index (χ0n) is 15.6. The van der Waals surface area contributed by atoms with Crippen LogP contribution in [0.2, 0.25) is 0 Å². The van der Waals surface area contributed by atoms with Gasteiger partial charge in [0.15, 0.2) is 11.5 Å². The van der Waals surface area contributed by atoms with Crippen molar-refractivity contribution in [1.82, 2.24) is 5.16 Å². The highest BCUT2D eigenvalue weighted by Crippen LogP contribution is 2.29. The number of carbonyl (C=O) groups is 2. The summed E-state index contributed by atoms with van der Waals surface area (Å²) in [5.74, 6) is 0.181. The number of ether oxygens (including phenoxy) is 2. The highest BCUT2D eigenvalue weighted by atomic mass is 16.5. The van der Waals surface area contributed by atoms with Gasteiger partial charge in [0.2, 0.25) is 0 Å². The van der Waals surface area contributed by atoms with Crippen molar-refractivity contribution in [2.45, 2.75) is 13.5 Å². The first-order chi connectivity index (χ1) is 13.5. The van der Waals surface area contributed by atoms with Gasteiger partial charge in [-0.25, -0.2) is 0 Å². The SMILES string of the molecule is COCc1c(C(=O)Nc2ccc(OC)c(NC(=O)c3ccco3)c2)noc1C. The number of methoxy groups -OCH3 is 2. The summed E-state index contributed by atoms with van der Waals surface area (Å²) in [4.78, 5) is 24.8. The van der Waals surface area contributed by atoms with E-state index < -0.39 is 11.8 Å². The van der Waals surface area contributed by atoms with Crippen molar-refractivity contribution in [2.24, 2.45) is 0 Å². The first-order valence-corrected chi connectivity index (χ1v) is 8.31. The van der Waals surface area contributed by atoms with Crippen molar-refractivity contribution < 1.29 is 28.0 Å². The lowest BCUT2D eigenvalue weighted by atomic mass is 10.2. The van der Waals surface area contributed by atoms with E-state index in [9.17, 15) is 9.59 Å². The number of aromatic nitrogens is 1. The van der Waals surface area contributed by atoms with Gasteiger partial charge >= 0.3 is 0 Å². The molecule has 2 N–H and O–H groups in total. The molecule has 0 radical (unpaired) electrons. The molecular weight excluding hydrogens is 366 g/mol. The molecule has 3 aromatic rings. The Hall–Kier alpha value is -3.59. The first-order valence-electron chi connectivity index (χ1n) is 8.31. The van der Waals surface area contributed by atoms with Crippen LogP contribution in [0.15, 0.2) is 45.5 Å².